The highest BCUT2D eigenvalue weighted by atomic mass is 19.4. The van der Waals surface area contributed by atoms with Gasteiger partial charge in [-0.15, -0.1) is 0 Å². The van der Waals surface area contributed by atoms with E-state index in [0.29, 0.717) is 11.0 Å². The molecule has 0 spiro atoms. The molecule has 0 amide bonds. The van der Waals surface area contributed by atoms with E-state index in [-0.39, 0.29) is 6.54 Å². The van der Waals surface area contributed by atoms with E-state index in [9.17, 15) is 13.2 Å². The van der Waals surface area contributed by atoms with Crippen LogP contribution in [0.2, 0.25) is 0 Å². The van der Waals surface area contributed by atoms with Gasteiger partial charge in [-0.1, -0.05) is 12.1 Å². The molecular formula is C10H10F3N3. The fourth-order valence-corrected chi connectivity index (χ4v) is 1.63. The molecule has 0 aliphatic rings. The average Bonchev–Trinajstić information content (AvgIpc) is 2.59. The van der Waals surface area contributed by atoms with Crippen LogP contribution in [-0.2, 0) is 13.1 Å². The Morgan fingerprint density at radius 3 is 2.69 bits per heavy atom. The molecule has 0 unspecified atom stereocenters. The number of rotatable bonds is 2. The van der Waals surface area contributed by atoms with Gasteiger partial charge in [-0.2, -0.15) is 13.2 Å². The van der Waals surface area contributed by atoms with E-state index in [4.69, 9.17) is 5.73 Å². The molecule has 2 rings (SSSR count). The number of aromatic nitrogens is 2. The first-order valence-electron chi connectivity index (χ1n) is 4.71. The molecule has 0 radical (unpaired) electrons. The molecule has 1 heterocycles. The van der Waals surface area contributed by atoms with Gasteiger partial charge in [-0.25, -0.2) is 4.98 Å². The Hall–Kier alpha value is -1.56. The van der Waals surface area contributed by atoms with Crippen LogP contribution in [0, 0.1) is 0 Å². The first kappa shape index (κ1) is 10.9. The molecule has 0 aliphatic carbocycles. The third-order valence-corrected chi connectivity index (χ3v) is 2.30. The van der Waals surface area contributed by atoms with Crippen molar-refractivity contribution >= 4 is 11.0 Å². The third kappa shape index (κ3) is 2.01. The summed E-state index contributed by atoms with van der Waals surface area (Å²) in [5.74, 6) is 0. The molecule has 2 N–H and O–H groups in total. The maximum atomic E-state index is 12.3. The van der Waals surface area contributed by atoms with Gasteiger partial charge in [-0.3, -0.25) is 0 Å². The van der Waals surface area contributed by atoms with E-state index < -0.39 is 12.7 Å². The Morgan fingerprint density at radius 2 is 2.06 bits per heavy atom. The number of imidazole rings is 1. The molecule has 86 valence electrons. The number of nitrogens with zero attached hydrogens (tertiary/aromatic N) is 2. The Morgan fingerprint density at radius 1 is 1.31 bits per heavy atom. The first-order chi connectivity index (χ1) is 7.51. The number of hydrogen-bond donors (Lipinski definition) is 1. The lowest BCUT2D eigenvalue weighted by molar-refractivity contribution is -0.139. The maximum Gasteiger partial charge on any atom is 0.406 e. The molecule has 0 fully saturated rings. The molecule has 16 heavy (non-hydrogen) atoms. The van der Waals surface area contributed by atoms with Crippen LogP contribution in [0.25, 0.3) is 11.0 Å². The highest BCUT2D eigenvalue weighted by Crippen LogP contribution is 2.22. The summed E-state index contributed by atoms with van der Waals surface area (Å²) in [6, 6.07) is 5.04. The summed E-state index contributed by atoms with van der Waals surface area (Å²) in [5.41, 5.74) is 7.22. The quantitative estimate of drug-likeness (QED) is 0.856. The van der Waals surface area contributed by atoms with Crippen LogP contribution >= 0.6 is 0 Å². The highest BCUT2D eigenvalue weighted by Gasteiger charge is 2.28. The number of nitrogens with two attached hydrogens (primary N) is 1. The van der Waals surface area contributed by atoms with Gasteiger partial charge < -0.3 is 10.3 Å². The normalized spacial score (nSPS) is 12.2. The van der Waals surface area contributed by atoms with Crippen LogP contribution in [0.3, 0.4) is 0 Å². The second kappa shape index (κ2) is 3.79. The topological polar surface area (TPSA) is 43.8 Å². The Kier molecular flexibility index (Phi) is 2.59. The van der Waals surface area contributed by atoms with Crippen LogP contribution < -0.4 is 5.73 Å². The van der Waals surface area contributed by atoms with E-state index in [2.05, 4.69) is 4.98 Å². The smallest absolute Gasteiger partial charge is 0.326 e. The number of benzene rings is 1. The zero-order valence-electron chi connectivity index (χ0n) is 8.33. The lowest BCUT2D eigenvalue weighted by atomic mass is 10.2. The molecule has 2 aromatic rings. The van der Waals surface area contributed by atoms with Crippen LogP contribution in [-0.4, -0.2) is 15.7 Å². The fourth-order valence-electron chi connectivity index (χ4n) is 1.63. The minimum atomic E-state index is -4.24. The van der Waals surface area contributed by atoms with Crippen LogP contribution in [0.1, 0.15) is 5.56 Å². The van der Waals surface area contributed by atoms with E-state index in [1.807, 2.05) is 0 Å². The molecule has 0 saturated heterocycles. The van der Waals surface area contributed by atoms with Crippen molar-refractivity contribution in [2.75, 3.05) is 0 Å². The fraction of sp³-hybridized carbons (Fsp3) is 0.300. The Bertz CT molecular complexity index is 501. The van der Waals surface area contributed by atoms with Gasteiger partial charge in [0.1, 0.15) is 6.54 Å². The SMILES string of the molecule is NCc1cccc2c1ncn2CC(F)(F)F. The van der Waals surface area contributed by atoms with Crippen molar-refractivity contribution in [3.8, 4) is 0 Å². The number of halogens is 3. The van der Waals surface area contributed by atoms with E-state index in [0.717, 1.165) is 10.1 Å². The number of alkyl halides is 3. The van der Waals surface area contributed by atoms with Crippen LogP contribution in [0.5, 0.6) is 0 Å². The highest BCUT2D eigenvalue weighted by molar-refractivity contribution is 5.78. The molecule has 3 nitrogen and oxygen atoms in total. The van der Waals surface area contributed by atoms with Crippen LogP contribution in [0.15, 0.2) is 24.5 Å². The van der Waals surface area contributed by atoms with Gasteiger partial charge in [0, 0.05) is 6.54 Å². The van der Waals surface area contributed by atoms with Crippen LogP contribution in [0.4, 0.5) is 13.2 Å². The standard InChI is InChI=1S/C10H10F3N3/c11-10(12,13)5-16-6-15-9-7(4-14)2-1-3-8(9)16/h1-3,6H,4-5,14H2. The lowest BCUT2D eigenvalue weighted by Gasteiger charge is -2.08. The van der Waals surface area contributed by atoms with Crippen molar-refractivity contribution in [2.24, 2.45) is 5.73 Å². The van der Waals surface area contributed by atoms with Crippen molar-refractivity contribution in [1.29, 1.82) is 0 Å². The molecule has 0 saturated carbocycles. The zero-order chi connectivity index (χ0) is 11.8. The number of fused-ring (bicyclic) bond motifs is 1. The summed E-state index contributed by atoms with van der Waals surface area (Å²) in [6.07, 6.45) is -3.05. The first-order valence-corrected chi connectivity index (χ1v) is 4.71. The van der Waals surface area contributed by atoms with Gasteiger partial charge in [0.25, 0.3) is 0 Å². The van der Waals surface area contributed by atoms with Crippen molar-refractivity contribution in [3.63, 3.8) is 0 Å². The van der Waals surface area contributed by atoms with E-state index in [1.54, 1.807) is 18.2 Å². The van der Waals surface area contributed by atoms with Gasteiger partial charge in [0.2, 0.25) is 0 Å². The summed E-state index contributed by atoms with van der Waals surface area (Å²) < 4.78 is 37.8. The minimum absolute atomic E-state index is 0.264. The molecule has 6 heteroatoms. The Balaban J connectivity index is 2.49. The predicted molar refractivity (Wildman–Crippen MR) is 53.7 cm³/mol. The second-order valence-electron chi connectivity index (χ2n) is 3.48. The largest absolute Gasteiger partial charge is 0.406 e. The van der Waals surface area contributed by atoms with Crippen molar-refractivity contribution in [1.82, 2.24) is 9.55 Å². The monoisotopic (exact) mass is 229 g/mol. The summed E-state index contributed by atoms with van der Waals surface area (Å²) in [6.45, 7) is -0.766. The molecule has 1 aromatic carbocycles. The van der Waals surface area contributed by atoms with Crippen molar-refractivity contribution < 1.29 is 13.2 Å². The summed E-state index contributed by atoms with van der Waals surface area (Å²) in [4.78, 5) is 3.96. The van der Waals surface area contributed by atoms with Gasteiger partial charge >= 0.3 is 6.18 Å². The molecule has 0 atom stereocenters. The molecule has 0 aliphatic heterocycles. The van der Waals surface area contributed by atoms with Gasteiger partial charge in [0.15, 0.2) is 0 Å². The Labute approximate surface area is 89.7 Å². The number of hydrogen-bond acceptors (Lipinski definition) is 2. The van der Waals surface area contributed by atoms with Gasteiger partial charge in [-0.05, 0) is 11.6 Å². The van der Waals surface area contributed by atoms with Crippen molar-refractivity contribution in [2.45, 2.75) is 19.3 Å². The third-order valence-electron chi connectivity index (χ3n) is 2.30. The molecule has 0 bridgehead atoms. The van der Waals surface area contributed by atoms with Crippen molar-refractivity contribution in [3.05, 3.63) is 30.1 Å². The summed E-state index contributed by atoms with van der Waals surface area (Å²) in [7, 11) is 0. The molecule has 1 aromatic heterocycles. The van der Waals surface area contributed by atoms with Gasteiger partial charge in [0.05, 0.1) is 17.4 Å². The summed E-state index contributed by atoms with van der Waals surface area (Å²) >= 11 is 0. The lowest BCUT2D eigenvalue weighted by Crippen LogP contribution is -2.16. The zero-order valence-corrected chi connectivity index (χ0v) is 8.33. The predicted octanol–water partition coefficient (Wildman–Crippen LogP) is 2.06. The maximum absolute atomic E-state index is 12.3. The minimum Gasteiger partial charge on any atom is -0.326 e. The average molecular weight is 229 g/mol. The summed E-state index contributed by atoms with van der Waals surface area (Å²) in [5, 5.41) is 0. The second-order valence-corrected chi connectivity index (χ2v) is 3.48. The van der Waals surface area contributed by atoms with E-state index >= 15 is 0 Å². The molecular weight excluding hydrogens is 219 g/mol. The van der Waals surface area contributed by atoms with E-state index in [1.165, 1.54) is 6.33 Å². The number of para-hydroxylation sites is 1.